The summed E-state index contributed by atoms with van der Waals surface area (Å²) in [5.74, 6) is -1.39. The molecule has 0 aliphatic rings. The minimum atomic E-state index is -3.58. The van der Waals surface area contributed by atoms with E-state index in [4.69, 9.17) is 5.73 Å². The van der Waals surface area contributed by atoms with Gasteiger partial charge in [0, 0.05) is 11.8 Å². The van der Waals surface area contributed by atoms with Crippen molar-refractivity contribution in [1.29, 1.82) is 0 Å². The normalized spacial score (nSPS) is 12.5. The summed E-state index contributed by atoms with van der Waals surface area (Å²) >= 11 is 0. The molecule has 2 N–H and O–H groups in total. The number of hydrogen-bond acceptors (Lipinski definition) is 4. The number of halogens is 1. The van der Waals surface area contributed by atoms with Crippen molar-refractivity contribution in [3.63, 3.8) is 0 Å². The van der Waals surface area contributed by atoms with Crippen molar-refractivity contribution in [2.75, 3.05) is 12.0 Å². The molecule has 0 aliphatic carbocycles. The van der Waals surface area contributed by atoms with Gasteiger partial charge in [-0.05, 0) is 32.0 Å². The highest BCUT2D eigenvalue weighted by molar-refractivity contribution is 7.92. The number of sulfone groups is 1. The van der Waals surface area contributed by atoms with Crippen LogP contribution < -0.4 is 5.73 Å². The van der Waals surface area contributed by atoms with Crippen molar-refractivity contribution in [3.05, 3.63) is 29.6 Å². The Balaban J connectivity index is 3.27. The van der Waals surface area contributed by atoms with E-state index in [1.807, 2.05) is 0 Å². The van der Waals surface area contributed by atoms with Crippen molar-refractivity contribution in [2.24, 2.45) is 0 Å². The molecule has 0 radical (unpaired) electrons. The average Bonchev–Trinajstić information content (AvgIpc) is 2.19. The van der Waals surface area contributed by atoms with Gasteiger partial charge in [0.2, 0.25) is 0 Å². The standard InChI is InChI=1S/C11H14FNO3S/c1-11(2,17(3,15)16)10(14)7-4-5-9(13)8(12)6-7/h4-6H,13H2,1-3H3. The van der Waals surface area contributed by atoms with Crippen LogP contribution in [0.3, 0.4) is 0 Å². The van der Waals surface area contributed by atoms with E-state index in [2.05, 4.69) is 0 Å². The van der Waals surface area contributed by atoms with Crippen molar-refractivity contribution in [3.8, 4) is 0 Å². The molecule has 0 aliphatic heterocycles. The molecule has 0 spiro atoms. The lowest BCUT2D eigenvalue weighted by atomic mass is 10.00. The fourth-order valence-corrected chi connectivity index (χ4v) is 1.64. The maximum Gasteiger partial charge on any atom is 0.183 e. The summed E-state index contributed by atoms with van der Waals surface area (Å²) in [6.45, 7) is 2.58. The number of rotatable bonds is 3. The molecule has 0 aromatic heterocycles. The Morgan fingerprint density at radius 3 is 2.29 bits per heavy atom. The Kier molecular flexibility index (Phi) is 3.29. The Morgan fingerprint density at radius 2 is 1.88 bits per heavy atom. The second-order valence-corrected chi connectivity index (χ2v) is 6.91. The van der Waals surface area contributed by atoms with E-state index in [1.54, 1.807) is 0 Å². The minimum Gasteiger partial charge on any atom is -0.396 e. The number of carbonyl (C=O) groups is 1. The Hall–Kier alpha value is -1.43. The van der Waals surface area contributed by atoms with Crippen molar-refractivity contribution < 1.29 is 17.6 Å². The molecule has 6 heteroatoms. The lowest BCUT2D eigenvalue weighted by Gasteiger charge is -2.20. The van der Waals surface area contributed by atoms with E-state index in [-0.39, 0.29) is 11.3 Å². The molecule has 0 saturated heterocycles. The second-order valence-electron chi connectivity index (χ2n) is 4.35. The Labute approximate surface area is 99.5 Å². The third kappa shape index (κ3) is 2.46. The molecule has 0 bridgehead atoms. The van der Waals surface area contributed by atoms with Gasteiger partial charge in [-0.3, -0.25) is 4.79 Å². The third-order valence-electron chi connectivity index (χ3n) is 2.74. The number of anilines is 1. The van der Waals surface area contributed by atoms with Crippen LogP contribution in [0.15, 0.2) is 18.2 Å². The smallest absolute Gasteiger partial charge is 0.183 e. The highest BCUT2D eigenvalue weighted by Crippen LogP contribution is 2.23. The SMILES string of the molecule is CC(C)(C(=O)c1ccc(N)c(F)c1)S(C)(=O)=O. The van der Waals surface area contributed by atoms with Gasteiger partial charge < -0.3 is 5.73 Å². The number of nitrogens with two attached hydrogens (primary N) is 1. The van der Waals surface area contributed by atoms with Crippen molar-refractivity contribution in [2.45, 2.75) is 18.6 Å². The molecule has 0 heterocycles. The number of Topliss-reactive ketones (excluding diaryl/α,β-unsaturated/α-hetero) is 1. The topological polar surface area (TPSA) is 77.2 Å². The number of ketones is 1. The van der Waals surface area contributed by atoms with Gasteiger partial charge in [-0.2, -0.15) is 0 Å². The lowest BCUT2D eigenvalue weighted by molar-refractivity contribution is 0.0953. The molecule has 94 valence electrons. The van der Waals surface area contributed by atoms with Gasteiger partial charge in [-0.15, -0.1) is 0 Å². The molecule has 1 aromatic rings. The molecular weight excluding hydrogens is 245 g/mol. The molecular formula is C11H14FNO3S. The van der Waals surface area contributed by atoms with Gasteiger partial charge in [0.15, 0.2) is 15.6 Å². The summed E-state index contributed by atoms with van der Waals surface area (Å²) in [5.41, 5.74) is 5.19. The third-order valence-corrected chi connectivity index (χ3v) is 4.78. The van der Waals surface area contributed by atoms with Crippen LogP contribution in [0.25, 0.3) is 0 Å². The Bertz CT molecular complexity index is 564. The average molecular weight is 259 g/mol. The maximum absolute atomic E-state index is 13.2. The summed E-state index contributed by atoms with van der Waals surface area (Å²) < 4.78 is 34.6. The van der Waals surface area contributed by atoms with Crippen LogP contribution in [0.4, 0.5) is 10.1 Å². The minimum absolute atomic E-state index is 0.00729. The highest BCUT2D eigenvalue weighted by Gasteiger charge is 2.38. The van der Waals surface area contributed by atoms with Crippen LogP contribution in [0, 0.1) is 5.82 Å². The number of carbonyl (C=O) groups excluding carboxylic acids is 1. The van der Waals surface area contributed by atoms with E-state index < -0.39 is 26.2 Å². The molecule has 0 saturated carbocycles. The number of benzene rings is 1. The van der Waals surface area contributed by atoms with Gasteiger partial charge in [-0.1, -0.05) is 0 Å². The molecule has 0 amide bonds. The zero-order valence-corrected chi connectivity index (χ0v) is 10.6. The zero-order chi connectivity index (χ0) is 13.4. The first-order valence-electron chi connectivity index (χ1n) is 4.87. The van der Waals surface area contributed by atoms with E-state index in [0.717, 1.165) is 12.3 Å². The Morgan fingerprint density at radius 1 is 1.35 bits per heavy atom. The summed E-state index contributed by atoms with van der Waals surface area (Å²) in [6.07, 6.45) is 0.971. The first-order valence-corrected chi connectivity index (χ1v) is 6.76. The zero-order valence-electron chi connectivity index (χ0n) is 9.82. The van der Waals surface area contributed by atoms with Gasteiger partial charge in [0.1, 0.15) is 10.6 Å². The van der Waals surface area contributed by atoms with E-state index >= 15 is 0 Å². The molecule has 0 unspecified atom stereocenters. The lowest BCUT2D eigenvalue weighted by Crippen LogP contribution is -2.40. The van der Waals surface area contributed by atoms with Crippen molar-refractivity contribution >= 4 is 21.3 Å². The second kappa shape index (κ2) is 4.10. The van der Waals surface area contributed by atoms with Gasteiger partial charge >= 0.3 is 0 Å². The van der Waals surface area contributed by atoms with Crippen LogP contribution >= 0.6 is 0 Å². The van der Waals surface area contributed by atoms with Crippen LogP contribution in [0.5, 0.6) is 0 Å². The summed E-state index contributed by atoms with van der Waals surface area (Å²) in [7, 11) is -3.58. The van der Waals surface area contributed by atoms with Gasteiger partial charge in [-0.25, -0.2) is 12.8 Å². The first-order chi connectivity index (χ1) is 7.57. The van der Waals surface area contributed by atoms with E-state index in [9.17, 15) is 17.6 Å². The number of hydrogen-bond donors (Lipinski definition) is 1. The van der Waals surface area contributed by atoms with Gasteiger partial charge in [0.25, 0.3) is 0 Å². The highest BCUT2D eigenvalue weighted by atomic mass is 32.2. The van der Waals surface area contributed by atoms with Crippen LogP contribution in [0.2, 0.25) is 0 Å². The fraction of sp³-hybridized carbons (Fsp3) is 0.364. The molecule has 17 heavy (non-hydrogen) atoms. The predicted octanol–water partition coefficient (Wildman–Crippen LogP) is 1.41. The van der Waals surface area contributed by atoms with Crippen LogP contribution in [-0.2, 0) is 9.84 Å². The molecule has 4 nitrogen and oxygen atoms in total. The van der Waals surface area contributed by atoms with E-state index in [1.165, 1.54) is 26.0 Å². The maximum atomic E-state index is 13.2. The monoisotopic (exact) mass is 259 g/mol. The quantitative estimate of drug-likeness (QED) is 0.657. The summed E-state index contributed by atoms with van der Waals surface area (Å²) in [6, 6.07) is 3.50. The number of nitrogen functional groups attached to an aromatic ring is 1. The molecule has 0 atom stereocenters. The predicted molar refractivity (Wildman–Crippen MR) is 64.1 cm³/mol. The van der Waals surface area contributed by atoms with Crippen LogP contribution in [-0.4, -0.2) is 25.2 Å². The molecule has 0 fully saturated rings. The molecule has 1 rings (SSSR count). The van der Waals surface area contributed by atoms with Crippen LogP contribution in [0.1, 0.15) is 24.2 Å². The van der Waals surface area contributed by atoms with E-state index in [0.29, 0.717) is 0 Å². The summed E-state index contributed by atoms with van der Waals surface area (Å²) in [5, 5.41) is 0. The molecule has 1 aromatic carbocycles. The summed E-state index contributed by atoms with van der Waals surface area (Å²) in [4.78, 5) is 12.0. The largest absolute Gasteiger partial charge is 0.396 e. The van der Waals surface area contributed by atoms with Gasteiger partial charge in [0.05, 0.1) is 5.69 Å². The fourth-order valence-electron chi connectivity index (χ4n) is 1.18. The first kappa shape index (κ1) is 13.6. The van der Waals surface area contributed by atoms with Crippen molar-refractivity contribution in [1.82, 2.24) is 0 Å².